The normalized spacial score (nSPS) is 13.1. The predicted octanol–water partition coefficient (Wildman–Crippen LogP) is 17.0. The molecule has 5 heteroatoms. The average Bonchev–Trinajstić information content (AvgIpc) is 3.28. The first-order chi connectivity index (χ1) is 30.6. The van der Waals surface area contributed by atoms with Crippen molar-refractivity contribution in [2.45, 2.75) is 225 Å². The van der Waals surface area contributed by atoms with Crippen molar-refractivity contribution in [3.8, 4) is 0 Å². The maximum atomic E-state index is 12.3. The fraction of sp³-hybridized carbons (Fsp3) is 0.649. The molecule has 352 valence electrons. The van der Waals surface area contributed by atoms with Crippen LogP contribution < -0.4 is 0 Å². The van der Waals surface area contributed by atoms with Gasteiger partial charge in [-0.1, -0.05) is 213 Å². The highest BCUT2D eigenvalue weighted by molar-refractivity contribution is 5.70. The Labute approximate surface area is 382 Å². The second-order valence-electron chi connectivity index (χ2n) is 16.5. The Morgan fingerprint density at radius 2 is 0.694 bits per heavy atom. The van der Waals surface area contributed by atoms with Gasteiger partial charge < -0.3 is 14.6 Å². The van der Waals surface area contributed by atoms with Crippen LogP contribution in [0.3, 0.4) is 0 Å². The monoisotopic (exact) mass is 859 g/mol. The minimum atomic E-state index is -0.786. The van der Waals surface area contributed by atoms with Gasteiger partial charge in [0, 0.05) is 12.8 Å². The summed E-state index contributed by atoms with van der Waals surface area (Å²) in [6.07, 6.45) is 74.6. The van der Waals surface area contributed by atoms with Crippen molar-refractivity contribution >= 4 is 11.9 Å². The van der Waals surface area contributed by atoms with Gasteiger partial charge in [0.2, 0.25) is 0 Å². The smallest absolute Gasteiger partial charge is 0.306 e. The van der Waals surface area contributed by atoms with Crippen LogP contribution in [0.15, 0.2) is 109 Å². The number of hydrogen-bond donors (Lipinski definition) is 1. The van der Waals surface area contributed by atoms with Crippen LogP contribution >= 0.6 is 0 Å². The zero-order chi connectivity index (χ0) is 44.9. The molecule has 0 bridgehead atoms. The van der Waals surface area contributed by atoms with Crippen molar-refractivity contribution in [1.29, 1.82) is 0 Å². The van der Waals surface area contributed by atoms with E-state index in [4.69, 9.17) is 9.47 Å². The van der Waals surface area contributed by atoms with Gasteiger partial charge >= 0.3 is 11.9 Å². The van der Waals surface area contributed by atoms with Crippen LogP contribution in [-0.4, -0.2) is 36.4 Å². The average molecular weight is 859 g/mol. The van der Waals surface area contributed by atoms with Crippen molar-refractivity contribution in [2.75, 3.05) is 13.2 Å². The number of esters is 2. The van der Waals surface area contributed by atoms with Crippen LogP contribution in [0.25, 0.3) is 0 Å². The summed E-state index contributed by atoms with van der Waals surface area (Å²) < 4.78 is 10.7. The number of rotatable bonds is 45. The molecule has 0 radical (unpaired) electrons. The van der Waals surface area contributed by atoms with Gasteiger partial charge in [-0.2, -0.15) is 0 Å². The third kappa shape index (κ3) is 49.2. The molecule has 0 amide bonds. The molecule has 1 unspecified atom stereocenters. The topological polar surface area (TPSA) is 72.8 Å². The second-order valence-corrected chi connectivity index (χ2v) is 16.5. The summed E-state index contributed by atoms with van der Waals surface area (Å²) in [6.45, 7) is 3.99. The lowest BCUT2D eigenvalue weighted by molar-refractivity contribution is -0.161. The van der Waals surface area contributed by atoms with E-state index in [1.54, 1.807) is 0 Å². The van der Waals surface area contributed by atoms with E-state index in [9.17, 15) is 14.7 Å². The third-order valence-corrected chi connectivity index (χ3v) is 10.6. The van der Waals surface area contributed by atoms with Gasteiger partial charge in [-0.25, -0.2) is 0 Å². The minimum absolute atomic E-state index is 0.0780. The van der Waals surface area contributed by atoms with E-state index in [2.05, 4.69) is 123 Å². The van der Waals surface area contributed by atoms with E-state index < -0.39 is 6.10 Å². The molecule has 0 saturated carbocycles. The molecule has 0 spiro atoms. The van der Waals surface area contributed by atoms with Crippen molar-refractivity contribution in [2.24, 2.45) is 0 Å². The summed E-state index contributed by atoms with van der Waals surface area (Å²) >= 11 is 0. The molecule has 0 aliphatic heterocycles. The summed E-state index contributed by atoms with van der Waals surface area (Å²) in [5.74, 6) is -0.612. The molecule has 0 aliphatic rings. The molecule has 0 rings (SSSR count). The summed E-state index contributed by atoms with van der Waals surface area (Å²) in [5, 5.41) is 9.62. The van der Waals surface area contributed by atoms with Crippen molar-refractivity contribution in [3.63, 3.8) is 0 Å². The van der Waals surface area contributed by atoms with Gasteiger partial charge in [0.05, 0.1) is 6.61 Å². The molecule has 0 heterocycles. The maximum Gasteiger partial charge on any atom is 0.306 e. The molecule has 62 heavy (non-hydrogen) atoms. The summed E-state index contributed by atoms with van der Waals surface area (Å²) in [5.41, 5.74) is 0. The van der Waals surface area contributed by atoms with Crippen LogP contribution in [0.1, 0.15) is 219 Å². The van der Waals surface area contributed by atoms with Crippen LogP contribution in [0, 0.1) is 0 Å². The predicted molar refractivity (Wildman–Crippen MR) is 269 cm³/mol. The lowest BCUT2D eigenvalue weighted by atomic mass is 10.1. The minimum Gasteiger partial charge on any atom is -0.462 e. The Morgan fingerprint density at radius 1 is 0.387 bits per heavy atom. The lowest BCUT2D eigenvalue weighted by Crippen LogP contribution is -2.28. The number of hydrogen-bond acceptors (Lipinski definition) is 5. The number of ether oxygens (including phenoxy) is 2. The van der Waals surface area contributed by atoms with Crippen LogP contribution in [-0.2, 0) is 19.1 Å². The first-order valence-electron chi connectivity index (χ1n) is 25.4. The number of unbranched alkanes of at least 4 members (excludes halogenated alkanes) is 19. The second kappa shape index (κ2) is 51.9. The van der Waals surface area contributed by atoms with E-state index in [0.717, 1.165) is 103 Å². The maximum absolute atomic E-state index is 12.3. The number of aliphatic hydroxyl groups is 1. The first-order valence-corrected chi connectivity index (χ1v) is 25.4. The standard InChI is InChI=1S/C57H94O5/c1-3-5-7-9-11-13-15-17-19-21-22-23-24-25-26-27-28-29-30-31-32-33-34-36-38-40-42-44-46-48-50-52-57(60)62-55(53-58)54-61-56(59)51-49-47-45-43-41-39-37-35-20-18-16-14-12-10-8-6-4-2/h5,7,11-14,17-20,22-23,25-26,28-29,31-32,55,58H,3-4,6,8-10,15-16,21,24,27,30,33-54H2,1-2H3/b7-5-,13-11-,14-12-,19-17-,20-18-,23-22-,26-25-,29-28-,32-31-. The third-order valence-electron chi connectivity index (χ3n) is 10.6. The van der Waals surface area contributed by atoms with Crippen LogP contribution in [0.4, 0.5) is 0 Å². The molecule has 1 N–H and O–H groups in total. The Balaban J connectivity index is 3.59. The van der Waals surface area contributed by atoms with Crippen LogP contribution in [0.2, 0.25) is 0 Å². The van der Waals surface area contributed by atoms with Gasteiger partial charge in [0.15, 0.2) is 6.10 Å². The Morgan fingerprint density at radius 3 is 1.05 bits per heavy atom. The first kappa shape index (κ1) is 58.6. The number of carbonyl (C=O) groups excluding carboxylic acids is 2. The highest BCUT2D eigenvalue weighted by Crippen LogP contribution is 2.14. The van der Waals surface area contributed by atoms with Crippen molar-refractivity contribution in [3.05, 3.63) is 109 Å². The highest BCUT2D eigenvalue weighted by Gasteiger charge is 2.16. The van der Waals surface area contributed by atoms with E-state index in [0.29, 0.717) is 12.8 Å². The molecular formula is C57H94O5. The molecule has 0 saturated heterocycles. The molecule has 5 nitrogen and oxygen atoms in total. The van der Waals surface area contributed by atoms with Crippen LogP contribution in [0.5, 0.6) is 0 Å². The van der Waals surface area contributed by atoms with Gasteiger partial charge in [0.25, 0.3) is 0 Å². The van der Waals surface area contributed by atoms with Crippen molar-refractivity contribution < 1.29 is 24.2 Å². The van der Waals surface area contributed by atoms with Crippen molar-refractivity contribution in [1.82, 2.24) is 0 Å². The Hall–Kier alpha value is -3.44. The van der Waals surface area contributed by atoms with Gasteiger partial charge in [-0.15, -0.1) is 0 Å². The summed E-state index contributed by atoms with van der Waals surface area (Å²) in [7, 11) is 0. The Bertz CT molecular complexity index is 1250. The van der Waals surface area contributed by atoms with Gasteiger partial charge in [-0.05, 0) is 103 Å². The molecule has 0 aromatic rings. The number of allylic oxidation sites excluding steroid dienone is 18. The van der Waals surface area contributed by atoms with E-state index in [1.165, 1.54) is 89.9 Å². The molecule has 1 atom stereocenters. The fourth-order valence-electron chi connectivity index (χ4n) is 6.74. The highest BCUT2D eigenvalue weighted by atomic mass is 16.6. The summed E-state index contributed by atoms with van der Waals surface area (Å²) in [6, 6.07) is 0. The summed E-state index contributed by atoms with van der Waals surface area (Å²) in [4.78, 5) is 24.4. The van der Waals surface area contributed by atoms with Gasteiger partial charge in [0.1, 0.15) is 6.61 Å². The lowest BCUT2D eigenvalue weighted by Gasteiger charge is -2.15. The van der Waals surface area contributed by atoms with E-state index in [-0.39, 0.29) is 25.2 Å². The molecule has 0 aliphatic carbocycles. The molecular weight excluding hydrogens is 765 g/mol. The van der Waals surface area contributed by atoms with Gasteiger partial charge in [-0.3, -0.25) is 9.59 Å². The van der Waals surface area contributed by atoms with E-state index in [1.807, 2.05) is 0 Å². The molecule has 0 aromatic carbocycles. The zero-order valence-corrected chi connectivity index (χ0v) is 40.1. The SMILES string of the molecule is CC/C=C\C/C=C\C/C=C\C/C=C\C/C=C\C/C=C\C/C=C\CCCCCCCCCCCC(=O)OC(CO)COC(=O)CCCCCCCCC/C=C\C/C=C\CCCCC. The van der Waals surface area contributed by atoms with E-state index >= 15 is 0 Å². The largest absolute Gasteiger partial charge is 0.462 e. The quantitative estimate of drug-likeness (QED) is 0.0375. The molecule has 0 aromatic heterocycles. The zero-order valence-electron chi connectivity index (χ0n) is 40.1. The number of carbonyl (C=O) groups is 2. The fourth-order valence-corrected chi connectivity index (χ4v) is 6.74. The number of aliphatic hydroxyl groups excluding tert-OH is 1. The molecule has 0 fully saturated rings. The Kier molecular flexibility index (Phi) is 49.0.